The number of hydrogen-bond acceptors (Lipinski definition) is 3. The van der Waals surface area contributed by atoms with Gasteiger partial charge >= 0.3 is 5.97 Å². The molecule has 1 heterocycles. The zero-order chi connectivity index (χ0) is 9.14. The van der Waals surface area contributed by atoms with Gasteiger partial charge in [-0.3, -0.25) is 0 Å². The summed E-state index contributed by atoms with van der Waals surface area (Å²) in [5, 5.41) is 8.66. The predicted octanol–water partition coefficient (Wildman–Crippen LogP) is 1.90. The first-order valence-electron chi connectivity index (χ1n) is 3.46. The Labute approximate surface area is 74.6 Å². The van der Waals surface area contributed by atoms with E-state index < -0.39 is 5.97 Å². The van der Waals surface area contributed by atoms with Crippen molar-refractivity contribution in [3.63, 3.8) is 0 Å². The van der Waals surface area contributed by atoms with Crippen LogP contribution in [0.3, 0.4) is 0 Å². The van der Waals surface area contributed by atoms with E-state index in [1.54, 1.807) is 13.2 Å². The molecule has 1 rings (SSSR count). The van der Waals surface area contributed by atoms with Crippen molar-refractivity contribution < 1.29 is 14.6 Å². The predicted molar refractivity (Wildman–Crippen MR) is 46.7 cm³/mol. The van der Waals surface area contributed by atoms with Crippen LogP contribution in [0.25, 0.3) is 0 Å². The molecule has 0 aliphatic heterocycles. The quantitative estimate of drug-likeness (QED) is 0.784. The van der Waals surface area contributed by atoms with Gasteiger partial charge in [0.25, 0.3) is 0 Å². The van der Waals surface area contributed by atoms with Crippen molar-refractivity contribution in [2.75, 3.05) is 7.11 Å². The fourth-order valence-electron chi connectivity index (χ4n) is 0.924. The monoisotopic (exact) mass is 186 g/mol. The summed E-state index contributed by atoms with van der Waals surface area (Å²) in [6.45, 7) is 2.38. The second-order valence-electron chi connectivity index (χ2n) is 2.43. The SMILES string of the molecule is COCc1cc(C(=O)O)sc1C. The molecule has 0 atom stereocenters. The van der Waals surface area contributed by atoms with E-state index in [4.69, 9.17) is 9.84 Å². The third kappa shape index (κ3) is 1.84. The van der Waals surface area contributed by atoms with Crippen molar-refractivity contribution in [2.45, 2.75) is 13.5 Å². The summed E-state index contributed by atoms with van der Waals surface area (Å²) in [7, 11) is 1.59. The van der Waals surface area contributed by atoms with E-state index in [9.17, 15) is 4.79 Å². The van der Waals surface area contributed by atoms with Crippen LogP contribution in [0.4, 0.5) is 0 Å². The van der Waals surface area contributed by atoms with Gasteiger partial charge in [0, 0.05) is 12.0 Å². The smallest absolute Gasteiger partial charge is 0.345 e. The van der Waals surface area contributed by atoms with E-state index in [0.717, 1.165) is 10.4 Å². The number of aryl methyl sites for hydroxylation is 1. The van der Waals surface area contributed by atoms with Crippen LogP contribution >= 0.6 is 11.3 Å². The van der Waals surface area contributed by atoms with Crippen molar-refractivity contribution >= 4 is 17.3 Å². The first kappa shape index (κ1) is 9.22. The molecule has 0 unspecified atom stereocenters. The highest BCUT2D eigenvalue weighted by Gasteiger charge is 2.09. The van der Waals surface area contributed by atoms with Gasteiger partial charge in [0.2, 0.25) is 0 Å². The van der Waals surface area contributed by atoms with Gasteiger partial charge in [-0.25, -0.2) is 4.79 Å². The number of carboxylic acid groups (broad SMARTS) is 1. The Bertz CT molecular complexity index is 290. The number of ether oxygens (including phenoxy) is 1. The maximum Gasteiger partial charge on any atom is 0.345 e. The number of carbonyl (C=O) groups is 1. The Morgan fingerprint density at radius 2 is 2.42 bits per heavy atom. The number of thiophene rings is 1. The summed E-state index contributed by atoms with van der Waals surface area (Å²) in [6.07, 6.45) is 0. The average Bonchev–Trinajstić information content (AvgIpc) is 2.34. The third-order valence-electron chi connectivity index (χ3n) is 1.53. The minimum atomic E-state index is -0.870. The van der Waals surface area contributed by atoms with Gasteiger partial charge < -0.3 is 9.84 Å². The molecule has 1 aromatic rings. The van der Waals surface area contributed by atoms with Crippen molar-refractivity contribution in [3.8, 4) is 0 Å². The van der Waals surface area contributed by atoms with Crippen LogP contribution in [0.15, 0.2) is 6.07 Å². The summed E-state index contributed by atoms with van der Waals surface area (Å²) in [5.74, 6) is -0.870. The molecule has 0 aliphatic carbocycles. The molecule has 0 saturated heterocycles. The lowest BCUT2D eigenvalue weighted by atomic mass is 10.2. The molecule has 0 amide bonds. The van der Waals surface area contributed by atoms with Crippen LogP contribution in [0.2, 0.25) is 0 Å². The Morgan fingerprint density at radius 1 is 1.75 bits per heavy atom. The fourth-order valence-corrected chi connectivity index (χ4v) is 1.79. The van der Waals surface area contributed by atoms with E-state index in [1.165, 1.54) is 11.3 Å². The molecule has 1 N–H and O–H groups in total. The van der Waals surface area contributed by atoms with Crippen LogP contribution in [0, 0.1) is 6.92 Å². The normalized spacial score (nSPS) is 10.2. The Balaban J connectivity index is 2.92. The lowest BCUT2D eigenvalue weighted by Crippen LogP contribution is -1.91. The molecule has 0 aromatic carbocycles. The van der Waals surface area contributed by atoms with E-state index >= 15 is 0 Å². The Morgan fingerprint density at radius 3 is 2.83 bits per heavy atom. The number of aromatic carboxylic acids is 1. The number of hydrogen-bond donors (Lipinski definition) is 1. The Hall–Kier alpha value is -0.870. The Kier molecular flexibility index (Phi) is 2.83. The van der Waals surface area contributed by atoms with Crippen LogP contribution < -0.4 is 0 Å². The highest BCUT2D eigenvalue weighted by atomic mass is 32.1. The molecular formula is C8H10O3S. The van der Waals surface area contributed by atoms with Gasteiger partial charge in [0.15, 0.2) is 0 Å². The maximum atomic E-state index is 10.5. The number of rotatable bonds is 3. The molecule has 0 bridgehead atoms. The molecule has 1 aromatic heterocycles. The molecule has 0 fully saturated rings. The van der Waals surface area contributed by atoms with Crippen molar-refractivity contribution in [1.82, 2.24) is 0 Å². The van der Waals surface area contributed by atoms with Gasteiger partial charge in [0.1, 0.15) is 4.88 Å². The molecule has 4 heteroatoms. The van der Waals surface area contributed by atoms with Gasteiger partial charge in [-0.1, -0.05) is 0 Å². The number of methoxy groups -OCH3 is 1. The van der Waals surface area contributed by atoms with Crippen LogP contribution in [-0.2, 0) is 11.3 Å². The second kappa shape index (κ2) is 3.69. The van der Waals surface area contributed by atoms with Gasteiger partial charge in [-0.05, 0) is 18.6 Å². The molecule has 0 radical (unpaired) electrons. The third-order valence-corrected chi connectivity index (χ3v) is 2.61. The summed E-state index contributed by atoms with van der Waals surface area (Å²) >= 11 is 1.28. The second-order valence-corrected chi connectivity index (χ2v) is 3.69. The van der Waals surface area contributed by atoms with Gasteiger partial charge in [-0.15, -0.1) is 11.3 Å². The summed E-state index contributed by atoms with van der Waals surface area (Å²) < 4.78 is 4.92. The van der Waals surface area contributed by atoms with E-state index in [1.807, 2.05) is 6.92 Å². The van der Waals surface area contributed by atoms with Crippen molar-refractivity contribution in [1.29, 1.82) is 0 Å². The van der Waals surface area contributed by atoms with Crippen molar-refractivity contribution in [3.05, 3.63) is 21.4 Å². The molecule has 0 spiro atoms. The summed E-state index contributed by atoms with van der Waals surface area (Å²) in [6, 6.07) is 1.66. The van der Waals surface area contributed by atoms with E-state index in [-0.39, 0.29) is 0 Å². The van der Waals surface area contributed by atoms with Crippen LogP contribution in [0.1, 0.15) is 20.1 Å². The first-order valence-corrected chi connectivity index (χ1v) is 4.28. The molecule has 66 valence electrons. The zero-order valence-electron chi connectivity index (χ0n) is 6.96. The zero-order valence-corrected chi connectivity index (χ0v) is 7.77. The minimum absolute atomic E-state index is 0.375. The molecule has 12 heavy (non-hydrogen) atoms. The standard InChI is InChI=1S/C8H10O3S/c1-5-6(4-11-2)3-7(12-5)8(9)10/h3H,4H2,1-2H3,(H,9,10). The number of carboxylic acids is 1. The van der Waals surface area contributed by atoms with Crippen LogP contribution in [0.5, 0.6) is 0 Å². The lowest BCUT2D eigenvalue weighted by Gasteiger charge is -1.94. The molecule has 3 nitrogen and oxygen atoms in total. The van der Waals surface area contributed by atoms with Crippen molar-refractivity contribution in [2.24, 2.45) is 0 Å². The molecule has 0 aliphatic rings. The summed E-state index contributed by atoms with van der Waals surface area (Å²) in [5.41, 5.74) is 0.958. The van der Waals surface area contributed by atoms with Crippen LogP contribution in [-0.4, -0.2) is 18.2 Å². The van der Waals surface area contributed by atoms with Gasteiger partial charge in [0.05, 0.1) is 6.61 Å². The van der Waals surface area contributed by atoms with E-state index in [0.29, 0.717) is 11.5 Å². The minimum Gasteiger partial charge on any atom is -0.477 e. The first-order chi connectivity index (χ1) is 5.65. The largest absolute Gasteiger partial charge is 0.477 e. The fraction of sp³-hybridized carbons (Fsp3) is 0.375. The lowest BCUT2D eigenvalue weighted by molar-refractivity contribution is 0.0702. The molecule has 0 saturated carbocycles. The van der Waals surface area contributed by atoms with E-state index in [2.05, 4.69) is 0 Å². The topological polar surface area (TPSA) is 46.5 Å². The highest BCUT2D eigenvalue weighted by molar-refractivity contribution is 7.14. The van der Waals surface area contributed by atoms with Gasteiger partial charge in [-0.2, -0.15) is 0 Å². The maximum absolute atomic E-state index is 10.5. The highest BCUT2D eigenvalue weighted by Crippen LogP contribution is 2.21. The summed E-state index contributed by atoms with van der Waals surface area (Å²) in [4.78, 5) is 11.9. The molecular weight excluding hydrogens is 176 g/mol. The average molecular weight is 186 g/mol.